The Morgan fingerprint density at radius 2 is 1.62 bits per heavy atom. The summed E-state index contributed by atoms with van der Waals surface area (Å²) in [6.07, 6.45) is 13.9. The van der Waals surface area contributed by atoms with Crippen LogP contribution < -0.4 is 0 Å². The summed E-state index contributed by atoms with van der Waals surface area (Å²) in [5, 5.41) is 0. The van der Waals surface area contributed by atoms with E-state index in [1.165, 1.54) is 25.7 Å². The molecule has 5 atom stereocenters. The van der Waals surface area contributed by atoms with Gasteiger partial charge in [0.05, 0.1) is 0 Å². The van der Waals surface area contributed by atoms with E-state index in [9.17, 15) is 0 Å². The molecule has 3 aliphatic rings. The zero-order valence-corrected chi connectivity index (χ0v) is 11.2. The van der Waals surface area contributed by atoms with Crippen LogP contribution in [0, 0.1) is 29.1 Å². The maximum Gasteiger partial charge on any atom is -0.0264 e. The molecule has 0 bridgehead atoms. The normalized spacial score (nSPS) is 52.9. The molecule has 0 spiro atoms. The molecule has 0 saturated heterocycles. The standard InChI is InChI=1S/C16H28/c1-12-6-5-11-16(2)14(12)10-9-13-7-3-4-8-15(13)16/h12-15H,3-11H2,1-2H3. The highest BCUT2D eigenvalue weighted by Gasteiger charge is 2.51. The van der Waals surface area contributed by atoms with Crippen molar-refractivity contribution in [3.63, 3.8) is 0 Å². The van der Waals surface area contributed by atoms with E-state index in [1.54, 1.807) is 32.1 Å². The predicted octanol–water partition coefficient (Wildman–Crippen LogP) is 5.03. The molecule has 0 amide bonds. The fourth-order valence-corrected chi connectivity index (χ4v) is 5.73. The second kappa shape index (κ2) is 4.03. The van der Waals surface area contributed by atoms with Crippen LogP contribution in [-0.2, 0) is 0 Å². The van der Waals surface area contributed by atoms with E-state index < -0.39 is 0 Å². The Balaban J connectivity index is 1.86. The molecule has 0 heterocycles. The van der Waals surface area contributed by atoms with Gasteiger partial charge < -0.3 is 0 Å². The van der Waals surface area contributed by atoms with Gasteiger partial charge in [-0.1, -0.05) is 46.0 Å². The van der Waals surface area contributed by atoms with E-state index in [4.69, 9.17) is 0 Å². The molecular formula is C16H28. The third-order valence-electron chi connectivity index (χ3n) is 6.51. The van der Waals surface area contributed by atoms with Gasteiger partial charge in [0.2, 0.25) is 0 Å². The van der Waals surface area contributed by atoms with Crippen molar-refractivity contribution in [3.8, 4) is 0 Å². The molecule has 0 aromatic rings. The lowest BCUT2D eigenvalue weighted by atomic mass is 9.48. The summed E-state index contributed by atoms with van der Waals surface area (Å²) in [4.78, 5) is 0. The summed E-state index contributed by atoms with van der Waals surface area (Å²) in [5.74, 6) is 4.30. The third kappa shape index (κ3) is 1.56. The Hall–Kier alpha value is 0. The Kier molecular flexibility index (Phi) is 2.80. The molecule has 16 heavy (non-hydrogen) atoms. The number of rotatable bonds is 0. The van der Waals surface area contributed by atoms with Crippen LogP contribution >= 0.6 is 0 Å². The second-order valence-electron chi connectivity index (χ2n) is 7.21. The van der Waals surface area contributed by atoms with Crippen LogP contribution in [-0.4, -0.2) is 0 Å². The smallest absolute Gasteiger partial charge is 0.0264 e. The quantitative estimate of drug-likeness (QED) is 0.537. The molecule has 92 valence electrons. The summed E-state index contributed by atoms with van der Waals surface area (Å²) < 4.78 is 0. The summed E-state index contributed by atoms with van der Waals surface area (Å²) in [7, 11) is 0. The summed E-state index contributed by atoms with van der Waals surface area (Å²) >= 11 is 0. The maximum absolute atomic E-state index is 2.66. The van der Waals surface area contributed by atoms with Crippen LogP contribution in [0.4, 0.5) is 0 Å². The zero-order valence-electron chi connectivity index (χ0n) is 11.2. The van der Waals surface area contributed by atoms with E-state index in [0.717, 1.165) is 29.1 Å². The van der Waals surface area contributed by atoms with Gasteiger partial charge in [-0.2, -0.15) is 0 Å². The van der Waals surface area contributed by atoms with Crippen molar-refractivity contribution in [1.29, 1.82) is 0 Å². The first-order chi connectivity index (χ1) is 7.72. The SMILES string of the molecule is CC1CCCC2(C)C1CCC1CCCCC12. The van der Waals surface area contributed by atoms with Crippen LogP contribution in [0.25, 0.3) is 0 Å². The van der Waals surface area contributed by atoms with Crippen molar-refractivity contribution in [1.82, 2.24) is 0 Å². The van der Waals surface area contributed by atoms with Gasteiger partial charge in [0.25, 0.3) is 0 Å². The lowest BCUT2D eigenvalue weighted by Crippen LogP contribution is -2.49. The van der Waals surface area contributed by atoms with Crippen molar-refractivity contribution in [2.75, 3.05) is 0 Å². The maximum atomic E-state index is 2.66. The predicted molar refractivity (Wildman–Crippen MR) is 69.3 cm³/mol. The van der Waals surface area contributed by atoms with Crippen LogP contribution in [0.2, 0.25) is 0 Å². The molecule has 0 aromatic carbocycles. The van der Waals surface area contributed by atoms with Gasteiger partial charge in [0.15, 0.2) is 0 Å². The zero-order chi connectivity index (χ0) is 11.2. The first kappa shape index (κ1) is 11.1. The fourth-order valence-electron chi connectivity index (χ4n) is 5.73. The van der Waals surface area contributed by atoms with Crippen molar-refractivity contribution in [3.05, 3.63) is 0 Å². The summed E-state index contributed by atoms with van der Waals surface area (Å²) in [6, 6.07) is 0. The Labute approximate surface area is 101 Å². The molecule has 3 rings (SSSR count). The molecule has 0 heteroatoms. The molecule has 3 aliphatic carbocycles. The first-order valence-corrected chi connectivity index (χ1v) is 7.72. The molecule has 3 fully saturated rings. The monoisotopic (exact) mass is 220 g/mol. The van der Waals surface area contributed by atoms with Gasteiger partial charge in [0, 0.05) is 0 Å². The molecule has 0 nitrogen and oxygen atoms in total. The molecule has 3 saturated carbocycles. The van der Waals surface area contributed by atoms with Gasteiger partial charge in [-0.3, -0.25) is 0 Å². The van der Waals surface area contributed by atoms with E-state index in [2.05, 4.69) is 13.8 Å². The van der Waals surface area contributed by atoms with Crippen molar-refractivity contribution >= 4 is 0 Å². The fraction of sp³-hybridized carbons (Fsp3) is 1.00. The topological polar surface area (TPSA) is 0 Å². The average molecular weight is 220 g/mol. The Morgan fingerprint density at radius 1 is 0.812 bits per heavy atom. The van der Waals surface area contributed by atoms with Gasteiger partial charge in [-0.05, 0) is 54.8 Å². The lowest BCUT2D eigenvalue weighted by molar-refractivity contribution is -0.0760. The highest BCUT2D eigenvalue weighted by atomic mass is 14.6. The van der Waals surface area contributed by atoms with E-state index in [-0.39, 0.29) is 0 Å². The molecule has 0 radical (unpaired) electrons. The highest BCUT2D eigenvalue weighted by Crippen LogP contribution is 2.60. The van der Waals surface area contributed by atoms with Gasteiger partial charge in [-0.25, -0.2) is 0 Å². The average Bonchev–Trinajstić information content (AvgIpc) is 2.29. The summed E-state index contributed by atoms with van der Waals surface area (Å²) in [6.45, 7) is 5.20. The molecule has 0 aliphatic heterocycles. The Bertz CT molecular complexity index is 257. The van der Waals surface area contributed by atoms with Gasteiger partial charge in [0.1, 0.15) is 0 Å². The molecule has 5 unspecified atom stereocenters. The summed E-state index contributed by atoms with van der Waals surface area (Å²) in [5.41, 5.74) is 0.737. The van der Waals surface area contributed by atoms with E-state index in [0.29, 0.717) is 0 Å². The van der Waals surface area contributed by atoms with Gasteiger partial charge >= 0.3 is 0 Å². The molecular weight excluding hydrogens is 192 g/mol. The van der Waals surface area contributed by atoms with Crippen molar-refractivity contribution in [2.24, 2.45) is 29.1 Å². The molecule has 0 aromatic heterocycles. The lowest BCUT2D eigenvalue weighted by Gasteiger charge is -2.57. The third-order valence-corrected chi connectivity index (χ3v) is 6.51. The van der Waals surface area contributed by atoms with E-state index in [1.807, 2.05) is 0 Å². The van der Waals surface area contributed by atoms with Crippen LogP contribution in [0.15, 0.2) is 0 Å². The van der Waals surface area contributed by atoms with Crippen LogP contribution in [0.5, 0.6) is 0 Å². The van der Waals surface area contributed by atoms with E-state index >= 15 is 0 Å². The second-order valence-corrected chi connectivity index (χ2v) is 7.21. The minimum atomic E-state index is 0.737. The van der Waals surface area contributed by atoms with Crippen LogP contribution in [0.3, 0.4) is 0 Å². The van der Waals surface area contributed by atoms with Crippen molar-refractivity contribution in [2.45, 2.75) is 71.6 Å². The number of hydrogen-bond acceptors (Lipinski definition) is 0. The minimum absolute atomic E-state index is 0.737. The molecule has 0 N–H and O–H groups in total. The number of fused-ring (bicyclic) bond motifs is 3. The largest absolute Gasteiger partial charge is 0.0622 e. The van der Waals surface area contributed by atoms with Crippen LogP contribution in [0.1, 0.15) is 71.6 Å². The first-order valence-electron chi connectivity index (χ1n) is 7.72. The Morgan fingerprint density at radius 3 is 2.50 bits per heavy atom. The highest BCUT2D eigenvalue weighted by molar-refractivity contribution is 5.00. The van der Waals surface area contributed by atoms with Gasteiger partial charge in [-0.15, -0.1) is 0 Å². The number of hydrogen-bond donors (Lipinski definition) is 0. The van der Waals surface area contributed by atoms with Crippen molar-refractivity contribution < 1.29 is 0 Å². The minimum Gasteiger partial charge on any atom is -0.0622 e.